The zero-order chi connectivity index (χ0) is 18.5. The van der Waals surface area contributed by atoms with Crippen LogP contribution in [0.25, 0.3) is 0 Å². The molecule has 0 bridgehead atoms. The quantitative estimate of drug-likeness (QED) is 0.656. The molecule has 0 unspecified atom stereocenters. The van der Waals surface area contributed by atoms with Crippen LogP contribution in [0, 0.1) is 16.0 Å². The third-order valence-electron chi connectivity index (χ3n) is 4.85. The molecule has 1 aliphatic heterocycles. The summed E-state index contributed by atoms with van der Waals surface area (Å²) in [6.07, 6.45) is 2.05. The van der Waals surface area contributed by atoms with E-state index in [9.17, 15) is 14.9 Å². The molecule has 0 atom stereocenters. The highest BCUT2D eigenvalue weighted by atomic mass is 16.6. The van der Waals surface area contributed by atoms with Gasteiger partial charge in [0.2, 0.25) is 0 Å². The summed E-state index contributed by atoms with van der Waals surface area (Å²) in [5.74, 6) is 0.337. The molecule has 1 aliphatic rings. The summed E-state index contributed by atoms with van der Waals surface area (Å²) in [6.45, 7) is 4.20. The maximum Gasteiger partial charge on any atom is 0.293 e. The Balaban J connectivity index is 1.75. The van der Waals surface area contributed by atoms with Gasteiger partial charge in [0.15, 0.2) is 0 Å². The highest BCUT2D eigenvalue weighted by molar-refractivity contribution is 5.95. The number of amides is 1. The van der Waals surface area contributed by atoms with Gasteiger partial charge in [0, 0.05) is 31.3 Å². The first-order valence-corrected chi connectivity index (χ1v) is 8.90. The Hall–Kier alpha value is -2.89. The topological polar surface area (TPSA) is 75.5 Å². The van der Waals surface area contributed by atoms with E-state index in [4.69, 9.17) is 0 Å². The van der Waals surface area contributed by atoms with Gasteiger partial charge in [-0.2, -0.15) is 0 Å². The van der Waals surface area contributed by atoms with Gasteiger partial charge in [-0.05, 0) is 36.5 Å². The van der Waals surface area contributed by atoms with E-state index in [1.54, 1.807) is 12.1 Å². The Morgan fingerprint density at radius 2 is 1.88 bits per heavy atom. The van der Waals surface area contributed by atoms with Crippen LogP contribution in [0.4, 0.5) is 11.4 Å². The minimum atomic E-state index is -0.401. The lowest BCUT2D eigenvalue weighted by Crippen LogP contribution is -2.33. The number of nitrogens with one attached hydrogen (secondary N) is 1. The minimum Gasteiger partial charge on any atom is -0.366 e. The Labute approximate surface area is 153 Å². The van der Waals surface area contributed by atoms with E-state index in [1.165, 1.54) is 6.07 Å². The largest absolute Gasteiger partial charge is 0.366 e. The summed E-state index contributed by atoms with van der Waals surface area (Å²) in [5, 5.41) is 14.3. The molecule has 0 saturated carbocycles. The fraction of sp³-hybridized carbons (Fsp3) is 0.350. The number of hydrogen-bond donors (Lipinski definition) is 1. The number of rotatable bonds is 5. The van der Waals surface area contributed by atoms with Crippen molar-refractivity contribution < 1.29 is 9.72 Å². The molecule has 0 aromatic heterocycles. The average molecular weight is 353 g/mol. The molecule has 0 aliphatic carbocycles. The lowest BCUT2D eigenvalue weighted by molar-refractivity contribution is -0.384. The predicted octanol–water partition coefficient (Wildman–Crippen LogP) is 3.76. The normalized spacial score (nSPS) is 14.9. The Morgan fingerprint density at radius 1 is 1.19 bits per heavy atom. The first-order valence-electron chi connectivity index (χ1n) is 8.90. The molecular formula is C20H23N3O3. The van der Waals surface area contributed by atoms with Crippen LogP contribution >= 0.6 is 0 Å². The number of benzene rings is 2. The fourth-order valence-corrected chi connectivity index (χ4v) is 3.21. The average Bonchev–Trinajstić information content (AvgIpc) is 2.67. The lowest BCUT2D eigenvalue weighted by atomic mass is 9.98. The van der Waals surface area contributed by atoms with Crippen LogP contribution in [0.3, 0.4) is 0 Å². The molecular weight excluding hydrogens is 330 g/mol. The third-order valence-corrected chi connectivity index (χ3v) is 4.85. The van der Waals surface area contributed by atoms with E-state index < -0.39 is 4.92 Å². The van der Waals surface area contributed by atoms with Crippen molar-refractivity contribution in [3.05, 3.63) is 69.8 Å². The monoisotopic (exact) mass is 353 g/mol. The number of nitro groups is 1. The molecule has 2 aromatic rings. The maximum atomic E-state index is 12.4. The van der Waals surface area contributed by atoms with Gasteiger partial charge in [0.25, 0.3) is 11.6 Å². The third kappa shape index (κ3) is 4.20. The van der Waals surface area contributed by atoms with Gasteiger partial charge in [-0.3, -0.25) is 14.9 Å². The number of carbonyl (C=O) groups excluding carboxylic acids is 1. The zero-order valence-corrected chi connectivity index (χ0v) is 14.9. The van der Waals surface area contributed by atoms with Crippen LogP contribution in [0.2, 0.25) is 0 Å². The van der Waals surface area contributed by atoms with Gasteiger partial charge >= 0.3 is 0 Å². The number of hydrogen-bond acceptors (Lipinski definition) is 4. The van der Waals surface area contributed by atoms with Crippen molar-refractivity contribution in [2.75, 3.05) is 18.0 Å². The van der Waals surface area contributed by atoms with Crippen molar-refractivity contribution in [2.45, 2.75) is 26.3 Å². The Kier molecular flexibility index (Phi) is 5.51. The van der Waals surface area contributed by atoms with Gasteiger partial charge in [-0.1, -0.05) is 37.3 Å². The van der Waals surface area contributed by atoms with Crippen LogP contribution < -0.4 is 10.2 Å². The van der Waals surface area contributed by atoms with Gasteiger partial charge in [0.05, 0.1) is 4.92 Å². The maximum absolute atomic E-state index is 12.4. The van der Waals surface area contributed by atoms with Gasteiger partial charge < -0.3 is 10.2 Å². The molecule has 6 heteroatoms. The number of anilines is 1. The highest BCUT2D eigenvalue weighted by Gasteiger charge is 2.24. The van der Waals surface area contributed by atoms with E-state index >= 15 is 0 Å². The summed E-state index contributed by atoms with van der Waals surface area (Å²) < 4.78 is 0. The summed E-state index contributed by atoms with van der Waals surface area (Å²) in [5.41, 5.74) is 1.88. The van der Waals surface area contributed by atoms with E-state index in [2.05, 4.69) is 12.2 Å². The fourth-order valence-electron chi connectivity index (χ4n) is 3.21. The van der Waals surface area contributed by atoms with Crippen LogP contribution in [-0.2, 0) is 6.54 Å². The summed E-state index contributed by atoms with van der Waals surface area (Å²) >= 11 is 0. The van der Waals surface area contributed by atoms with Crippen molar-refractivity contribution in [1.82, 2.24) is 5.32 Å². The van der Waals surface area contributed by atoms with Gasteiger partial charge in [-0.15, -0.1) is 0 Å². The van der Waals surface area contributed by atoms with Crippen LogP contribution in [-0.4, -0.2) is 23.9 Å². The molecule has 0 spiro atoms. The van der Waals surface area contributed by atoms with Crippen molar-refractivity contribution >= 4 is 17.3 Å². The van der Waals surface area contributed by atoms with E-state index in [0.29, 0.717) is 23.7 Å². The van der Waals surface area contributed by atoms with Crippen molar-refractivity contribution in [1.29, 1.82) is 0 Å². The zero-order valence-electron chi connectivity index (χ0n) is 14.9. The number of nitrogens with zero attached hydrogens (tertiary/aromatic N) is 2. The smallest absolute Gasteiger partial charge is 0.293 e. The number of piperidine rings is 1. The Bertz CT molecular complexity index is 784. The van der Waals surface area contributed by atoms with Crippen LogP contribution in [0.15, 0.2) is 48.5 Å². The van der Waals surface area contributed by atoms with Crippen LogP contribution in [0.5, 0.6) is 0 Å². The molecule has 0 radical (unpaired) electrons. The molecule has 2 aromatic carbocycles. The Morgan fingerprint density at radius 3 is 2.54 bits per heavy atom. The lowest BCUT2D eigenvalue weighted by Gasteiger charge is -2.31. The minimum absolute atomic E-state index is 0.00749. The van der Waals surface area contributed by atoms with Crippen molar-refractivity contribution in [3.8, 4) is 0 Å². The number of carbonyl (C=O) groups is 1. The van der Waals surface area contributed by atoms with Gasteiger partial charge in [0.1, 0.15) is 5.69 Å². The second-order valence-electron chi connectivity index (χ2n) is 6.80. The molecule has 1 amide bonds. The van der Waals surface area contributed by atoms with E-state index in [0.717, 1.165) is 31.5 Å². The highest BCUT2D eigenvalue weighted by Crippen LogP contribution is 2.32. The van der Waals surface area contributed by atoms with Crippen LogP contribution in [0.1, 0.15) is 35.7 Å². The van der Waals surface area contributed by atoms with Gasteiger partial charge in [-0.25, -0.2) is 0 Å². The van der Waals surface area contributed by atoms with E-state index in [1.807, 2.05) is 35.2 Å². The second-order valence-corrected chi connectivity index (χ2v) is 6.80. The first kappa shape index (κ1) is 17.9. The molecule has 26 heavy (non-hydrogen) atoms. The molecule has 1 fully saturated rings. The molecule has 1 saturated heterocycles. The van der Waals surface area contributed by atoms with Crippen molar-refractivity contribution in [2.24, 2.45) is 5.92 Å². The second kappa shape index (κ2) is 7.99. The molecule has 1 heterocycles. The molecule has 136 valence electrons. The standard InChI is InChI=1S/C20H23N3O3/c1-15-9-11-22(12-10-15)18-8-7-17(13-19(18)23(25)26)20(24)21-14-16-5-3-2-4-6-16/h2-8,13,15H,9-12,14H2,1H3,(H,21,24). The number of nitro benzene ring substituents is 1. The predicted molar refractivity (Wildman–Crippen MR) is 101 cm³/mol. The summed E-state index contributed by atoms with van der Waals surface area (Å²) in [7, 11) is 0. The molecule has 6 nitrogen and oxygen atoms in total. The molecule has 3 rings (SSSR count). The molecule has 1 N–H and O–H groups in total. The summed E-state index contributed by atoms with van der Waals surface area (Å²) in [6, 6.07) is 14.3. The first-order chi connectivity index (χ1) is 12.5. The summed E-state index contributed by atoms with van der Waals surface area (Å²) in [4.78, 5) is 25.6. The van der Waals surface area contributed by atoms with E-state index in [-0.39, 0.29) is 11.6 Å². The van der Waals surface area contributed by atoms with Crippen molar-refractivity contribution in [3.63, 3.8) is 0 Å². The SMILES string of the molecule is CC1CCN(c2ccc(C(=O)NCc3ccccc3)cc2[N+](=O)[O-])CC1.